The van der Waals surface area contributed by atoms with Crippen LogP contribution in [-0.2, 0) is 16.6 Å². The van der Waals surface area contributed by atoms with Crippen molar-refractivity contribution in [1.29, 1.82) is 0 Å². The molecule has 1 aromatic rings. The minimum absolute atomic E-state index is 0.192. The molecular formula is C14H22ClN3O2S. The molecule has 0 radical (unpaired) electrons. The van der Waals surface area contributed by atoms with Crippen LogP contribution in [0.1, 0.15) is 18.4 Å². The fourth-order valence-corrected chi connectivity index (χ4v) is 3.90. The Hall–Kier alpha value is -0.660. The van der Waals surface area contributed by atoms with E-state index in [1.807, 2.05) is 0 Å². The van der Waals surface area contributed by atoms with Crippen LogP contribution in [0.4, 0.5) is 0 Å². The number of rotatable bonds is 5. The summed E-state index contributed by atoms with van der Waals surface area (Å²) in [7, 11) is -1.42. The summed E-state index contributed by atoms with van der Waals surface area (Å²) in [5.41, 5.74) is 6.27. The Morgan fingerprint density at radius 1 is 1.38 bits per heavy atom. The van der Waals surface area contributed by atoms with Gasteiger partial charge in [-0.1, -0.05) is 17.7 Å². The zero-order valence-electron chi connectivity index (χ0n) is 12.2. The van der Waals surface area contributed by atoms with Gasteiger partial charge in [-0.05, 0) is 56.6 Å². The second-order valence-corrected chi connectivity index (χ2v) is 7.73. The van der Waals surface area contributed by atoms with Crippen LogP contribution in [0.2, 0.25) is 5.02 Å². The number of benzene rings is 1. The highest BCUT2D eigenvalue weighted by molar-refractivity contribution is 7.89. The van der Waals surface area contributed by atoms with Crippen molar-refractivity contribution >= 4 is 21.6 Å². The summed E-state index contributed by atoms with van der Waals surface area (Å²) in [5, 5.41) is 0.389. The molecule has 1 aliphatic heterocycles. The number of piperidine rings is 1. The molecule has 1 fully saturated rings. The lowest BCUT2D eigenvalue weighted by Crippen LogP contribution is -2.36. The lowest BCUT2D eigenvalue weighted by Gasteiger charge is -2.28. The smallest absolute Gasteiger partial charge is 0.240 e. The SMILES string of the molecule is CN1CCC(CNS(=O)(=O)c2ccc(CN)c(Cl)c2)CC1. The lowest BCUT2D eigenvalue weighted by atomic mass is 9.98. The quantitative estimate of drug-likeness (QED) is 0.855. The van der Waals surface area contributed by atoms with Crippen molar-refractivity contribution in [2.24, 2.45) is 11.7 Å². The van der Waals surface area contributed by atoms with Gasteiger partial charge in [0.2, 0.25) is 10.0 Å². The third-order valence-electron chi connectivity index (χ3n) is 3.95. The van der Waals surface area contributed by atoms with E-state index in [4.69, 9.17) is 17.3 Å². The van der Waals surface area contributed by atoms with Crippen molar-refractivity contribution in [3.63, 3.8) is 0 Å². The fourth-order valence-electron chi connectivity index (χ4n) is 2.44. The molecule has 7 heteroatoms. The van der Waals surface area contributed by atoms with Crippen molar-refractivity contribution in [3.05, 3.63) is 28.8 Å². The molecule has 0 saturated carbocycles. The molecule has 5 nitrogen and oxygen atoms in total. The Morgan fingerprint density at radius 2 is 2.05 bits per heavy atom. The van der Waals surface area contributed by atoms with Gasteiger partial charge in [0.05, 0.1) is 4.90 Å². The van der Waals surface area contributed by atoms with Gasteiger partial charge in [0.1, 0.15) is 0 Å². The van der Waals surface area contributed by atoms with E-state index in [9.17, 15) is 8.42 Å². The average Bonchev–Trinajstić information content (AvgIpc) is 2.46. The van der Waals surface area contributed by atoms with Crippen molar-refractivity contribution < 1.29 is 8.42 Å². The maximum absolute atomic E-state index is 12.3. The Kier molecular flexibility index (Phi) is 5.62. The standard InChI is InChI=1S/C14H22ClN3O2S/c1-18-6-4-11(5-7-18)10-17-21(19,20)13-3-2-12(9-16)14(15)8-13/h2-3,8,11,17H,4-7,9-10,16H2,1H3. The molecular weight excluding hydrogens is 310 g/mol. The minimum atomic E-state index is -3.51. The molecule has 0 aromatic heterocycles. The number of nitrogens with one attached hydrogen (secondary N) is 1. The highest BCUT2D eigenvalue weighted by atomic mass is 35.5. The molecule has 118 valence electrons. The molecule has 0 amide bonds. The largest absolute Gasteiger partial charge is 0.326 e. The van der Waals surface area contributed by atoms with E-state index in [1.54, 1.807) is 12.1 Å². The molecule has 0 aliphatic carbocycles. The highest BCUT2D eigenvalue weighted by Gasteiger charge is 2.20. The van der Waals surface area contributed by atoms with Gasteiger partial charge >= 0.3 is 0 Å². The van der Waals surface area contributed by atoms with Gasteiger partial charge in [0.25, 0.3) is 0 Å². The topological polar surface area (TPSA) is 75.4 Å². The van der Waals surface area contributed by atoms with E-state index in [2.05, 4.69) is 16.7 Å². The average molecular weight is 332 g/mol. The van der Waals surface area contributed by atoms with Gasteiger partial charge in [0, 0.05) is 18.1 Å². The normalized spacial score (nSPS) is 18.0. The first kappa shape index (κ1) is 16.7. The van der Waals surface area contributed by atoms with Gasteiger partial charge in [-0.2, -0.15) is 0 Å². The third-order valence-corrected chi connectivity index (χ3v) is 5.73. The number of nitrogens with two attached hydrogens (primary N) is 1. The summed E-state index contributed by atoms with van der Waals surface area (Å²) in [4.78, 5) is 2.45. The van der Waals surface area contributed by atoms with Gasteiger partial charge in [-0.15, -0.1) is 0 Å². The fraction of sp³-hybridized carbons (Fsp3) is 0.571. The summed E-state index contributed by atoms with van der Waals surface area (Å²) in [6.07, 6.45) is 2.04. The Morgan fingerprint density at radius 3 is 2.62 bits per heavy atom. The third kappa shape index (κ3) is 4.40. The van der Waals surface area contributed by atoms with E-state index in [-0.39, 0.29) is 4.90 Å². The van der Waals surface area contributed by atoms with Crippen LogP contribution in [0.5, 0.6) is 0 Å². The Labute approximate surface area is 131 Å². The highest BCUT2D eigenvalue weighted by Crippen LogP contribution is 2.21. The number of hydrogen-bond donors (Lipinski definition) is 2. The molecule has 21 heavy (non-hydrogen) atoms. The number of halogens is 1. The van der Waals surface area contributed by atoms with Crippen LogP contribution in [0.25, 0.3) is 0 Å². The molecule has 1 saturated heterocycles. The van der Waals surface area contributed by atoms with Crippen LogP contribution in [0.15, 0.2) is 23.1 Å². The Bertz CT molecular complexity index is 584. The molecule has 2 rings (SSSR count). The van der Waals surface area contributed by atoms with E-state index in [0.717, 1.165) is 31.5 Å². The van der Waals surface area contributed by atoms with Crippen LogP contribution >= 0.6 is 11.6 Å². The molecule has 3 N–H and O–H groups in total. The minimum Gasteiger partial charge on any atom is -0.326 e. The number of likely N-dealkylation sites (tertiary alicyclic amines) is 1. The van der Waals surface area contributed by atoms with Crippen LogP contribution < -0.4 is 10.5 Å². The molecule has 0 spiro atoms. The van der Waals surface area contributed by atoms with E-state index in [1.165, 1.54) is 6.07 Å². The molecule has 1 heterocycles. The van der Waals surface area contributed by atoms with Crippen molar-refractivity contribution in [1.82, 2.24) is 9.62 Å². The number of hydrogen-bond acceptors (Lipinski definition) is 4. The monoisotopic (exact) mass is 331 g/mol. The summed E-state index contributed by atoms with van der Waals surface area (Å²) in [6.45, 7) is 2.81. The van der Waals surface area contributed by atoms with Crippen molar-refractivity contribution in [2.45, 2.75) is 24.3 Å². The number of sulfonamides is 1. The van der Waals surface area contributed by atoms with E-state index in [0.29, 0.717) is 24.0 Å². The Balaban J connectivity index is 2.00. The van der Waals surface area contributed by atoms with Gasteiger partial charge in [-0.3, -0.25) is 0 Å². The first-order valence-corrected chi connectivity index (χ1v) is 8.95. The zero-order chi connectivity index (χ0) is 15.5. The first-order valence-electron chi connectivity index (χ1n) is 7.09. The summed E-state index contributed by atoms with van der Waals surface area (Å²) in [5.74, 6) is 0.398. The van der Waals surface area contributed by atoms with Gasteiger partial charge < -0.3 is 10.6 Å². The van der Waals surface area contributed by atoms with Crippen LogP contribution in [-0.4, -0.2) is 40.0 Å². The number of nitrogens with zero attached hydrogens (tertiary/aromatic N) is 1. The van der Waals surface area contributed by atoms with E-state index >= 15 is 0 Å². The van der Waals surface area contributed by atoms with Crippen molar-refractivity contribution in [3.8, 4) is 0 Å². The maximum Gasteiger partial charge on any atom is 0.240 e. The lowest BCUT2D eigenvalue weighted by molar-refractivity contribution is 0.220. The predicted octanol–water partition coefficient (Wildman–Crippen LogP) is 1.42. The molecule has 0 unspecified atom stereocenters. The second-order valence-electron chi connectivity index (χ2n) is 5.56. The van der Waals surface area contributed by atoms with E-state index < -0.39 is 10.0 Å². The van der Waals surface area contributed by atoms with Crippen molar-refractivity contribution in [2.75, 3.05) is 26.7 Å². The molecule has 0 bridgehead atoms. The summed E-state index contributed by atoms with van der Waals surface area (Å²) >= 11 is 6.02. The molecule has 1 aliphatic rings. The zero-order valence-corrected chi connectivity index (χ0v) is 13.8. The molecule has 0 atom stereocenters. The van der Waals surface area contributed by atoms with Crippen LogP contribution in [0.3, 0.4) is 0 Å². The summed E-state index contributed by atoms with van der Waals surface area (Å²) < 4.78 is 27.2. The summed E-state index contributed by atoms with van der Waals surface area (Å²) in [6, 6.07) is 4.66. The maximum atomic E-state index is 12.3. The second kappa shape index (κ2) is 7.07. The van der Waals surface area contributed by atoms with Gasteiger partial charge in [-0.25, -0.2) is 13.1 Å². The van der Waals surface area contributed by atoms with Gasteiger partial charge in [0.15, 0.2) is 0 Å². The molecule has 1 aromatic carbocycles. The predicted molar refractivity (Wildman–Crippen MR) is 84.8 cm³/mol. The van der Waals surface area contributed by atoms with Crippen LogP contribution in [0, 0.1) is 5.92 Å². The first-order chi connectivity index (χ1) is 9.92.